The van der Waals surface area contributed by atoms with Gasteiger partial charge in [-0.1, -0.05) is 41.0 Å². The van der Waals surface area contributed by atoms with E-state index in [1.165, 1.54) is 0 Å². The van der Waals surface area contributed by atoms with E-state index < -0.39 is 23.6 Å². The number of aliphatic hydroxyl groups is 1. The molecule has 2 nitrogen and oxygen atoms in total. The number of hydrogen-bond acceptors (Lipinski definition) is 2. The third-order valence-electron chi connectivity index (χ3n) is 3.68. The maximum Gasteiger partial charge on any atom is 0.396 e. The Kier molecular flexibility index (Phi) is 7.71. The molecule has 0 radical (unpaired) electrons. The molecule has 21 heavy (non-hydrogen) atoms. The van der Waals surface area contributed by atoms with E-state index in [2.05, 4.69) is 5.32 Å². The van der Waals surface area contributed by atoms with Gasteiger partial charge in [0.25, 0.3) is 0 Å². The molecule has 2 unspecified atom stereocenters. The largest absolute Gasteiger partial charge is 0.396 e. The van der Waals surface area contributed by atoms with Crippen molar-refractivity contribution in [3.63, 3.8) is 0 Å². The fourth-order valence-corrected chi connectivity index (χ4v) is 2.97. The zero-order valence-electron chi connectivity index (χ0n) is 14.3. The third-order valence-corrected chi connectivity index (χ3v) is 3.68. The van der Waals surface area contributed by atoms with Gasteiger partial charge in [0.15, 0.2) is 0 Å². The summed E-state index contributed by atoms with van der Waals surface area (Å²) in [5.74, 6) is 0. The number of rotatable bonds is 8. The number of halogens is 3. The molecule has 128 valence electrons. The van der Waals surface area contributed by atoms with Gasteiger partial charge < -0.3 is 10.4 Å². The van der Waals surface area contributed by atoms with E-state index in [0.29, 0.717) is 18.9 Å². The summed E-state index contributed by atoms with van der Waals surface area (Å²) in [4.78, 5) is 0. The van der Waals surface area contributed by atoms with Gasteiger partial charge in [0.2, 0.25) is 0 Å². The highest BCUT2D eigenvalue weighted by Gasteiger charge is 2.55. The zero-order chi connectivity index (χ0) is 16.9. The predicted octanol–water partition coefficient (Wildman–Crippen LogP) is 4.52. The van der Waals surface area contributed by atoms with Crippen LogP contribution in [-0.4, -0.2) is 30.0 Å². The highest BCUT2D eigenvalue weighted by atomic mass is 19.4. The van der Waals surface area contributed by atoms with Gasteiger partial charge in [0.05, 0.1) is 12.0 Å². The van der Waals surface area contributed by atoms with Gasteiger partial charge in [-0.2, -0.15) is 13.2 Å². The van der Waals surface area contributed by atoms with Gasteiger partial charge in [-0.25, -0.2) is 0 Å². The van der Waals surface area contributed by atoms with Crippen molar-refractivity contribution in [1.29, 1.82) is 0 Å². The Morgan fingerprint density at radius 1 is 1.05 bits per heavy atom. The molecule has 0 aliphatic carbocycles. The minimum absolute atomic E-state index is 0.0195. The summed E-state index contributed by atoms with van der Waals surface area (Å²) < 4.78 is 40.4. The average Bonchev–Trinajstić information content (AvgIpc) is 2.23. The molecule has 0 aromatic carbocycles. The molecule has 0 aromatic rings. The van der Waals surface area contributed by atoms with Crippen LogP contribution in [0.15, 0.2) is 0 Å². The zero-order valence-corrected chi connectivity index (χ0v) is 14.3. The molecule has 2 N–H and O–H groups in total. The lowest BCUT2D eigenvalue weighted by molar-refractivity contribution is -0.248. The Morgan fingerprint density at radius 3 is 1.90 bits per heavy atom. The topological polar surface area (TPSA) is 32.3 Å². The number of hydrogen-bond donors (Lipinski definition) is 2. The van der Waals surface area contributed by atoms with Crippen molar-refractivity contribution in [3.05, 3.63) is 0 Å². The summed E-state index contributed by atoms with van der Waals surface area (Å²) in [5.41, 5.74) is -2.46. The van der Waals surface area contributed by atoms with Gasteiger partial charge >= 0.3 is 6.18 Å². The van der Waals surface area contributed by atoms with Crippen molar-refractivity contribution >= 4 is 0 Å². The highest BCUT2D eigenvalue weighted by Crippen LogP contribution is 2.49. The lowest BCUT2D eigenvalue weighted by Crippen LogP contribution is -2.44. The van der Waals surface area contributed by atoms with Crippen LogP contribution in [0.3, 0.4) is 0 Å². The van der Waals surface area contributed by atoms with Crippen molar-refractivity contribution in [1.82, 2.24) is 5.32 Å². The second kappa shape index (κ2) is 7.82. The number of aliphatic hydroxyl groups excluding tert-OH is 1. The van der Waals surface area contributed by atoms with Crippen LogP contribution in [0.1, 0.15) is 67.2 Å². The van der Waals surface area contributed by atoms with E-state index in [1.54, 1.807) is 20.8 Å². The first kappa shape index (κ1) is 20.7. The van der Waals surface area contributed by atoms with E-state index in [4.69, 9.17) is 0 Å². The molecule has 0 aliphatic heterocycles. The van der Waals surface area contributed by atoms with E-state index in [1.807, 2.05) is 20.8 Å². The van der Waals surface area contributed by atoms with E-state index in [0.717, 1.165) is 0 Å². The summed E-state index contributed by atoms with van der Waals surface area (Å²) in [6.07, 6.45) is -3.30. The van der Waals surface area contributed by atoms with Gasteiger partial charge in [-0.05, 0) is 31.6 Å². The molecular formula is C16H32F3NO. The predicted molar refractivity (Wildman–Crippen MR) is 81.2 cm³/mol. The number of alkyl halides is 3. The van der Waals surface area contributed by atoms with Crippen molar-refractivity contribution in [2.45, 2.75) is 85.5 Å². The molecule has 5 heteroatoms. The SMILES string of the molecule is CC(C)NC(C)CCCC(CO)(CC(C)(C)C)C(F)(F)F. The summed E-state index contributed by atoms with van der Waals surface area (Å²) in [6, 6.07) is 0.504. The fraction of sp³-hybridized carbons (Fsp3) is 1.00. The normalized spacial score (nSPS) is 17.9. The maximum absolute atomic E-state index is 13.5. The Labute approximate surface area is 127 Å². The monoisotopic (exact) mass is 311 g/mol. The summed E-state index contributed by atoms with van der Waals surface area (Å²) in [7, 11) is 0. The molecule has 0 aromatic heterocycles. The van der Waals surface area contributed by atoms with Gasteiger partial charge in [-0.3, -0.25) is 0 Å². The Morgan fingerprint density at radius 2 is 1.57 bits per heavy atom. The lowest BCUT2D eigenvalue weighted by Gasteiger charge is -2.39. The average molecular weight is 311 g/mol. The molecule has 0 saturated heterocycles. The second-order valence-corrected chi connectivity index (χ2v) is 7.79. The fourth-order valence-electron chi connectivity index (χ4n) is 2.97. The van der Waals surface area contributed by atoms with Gasteiger partial charge in [-0.15, -0.1) is 0 Å². The molecule has 0 aliphatic rings. The number of nitrogens with one attached hydrogen (secondary N) is 1. The van der Waals surface area contributed by atoms with Crippen molar-refractivity contribution in [2.24, 2.45) is 10.8 Å². The van der Waals surface area contributed by atoms with Gasteiger partial charge in [0.1, 0.15) is 0 Å². The molecule has 0 saturated carbocycles. The van der Waals surface area contributed by atoms with Crippen molar-refractivity contribution < 1.29 is 18.3 Å². The molecule has 0 spiro atoms. The van der Waals surface area contributed by atoms with Crippen LogP contribution in [0.5, 0.6) is 0 Å². The smallest absolute Gasteiger partial charge is 0.395 e. The quantitative estimate of drug-likeness (QED) is 0.691. The Hall–Kier alpha value is -0.290. The Balaban J connectivity index is 4.77. The van der Waals surface area contributed by atoms with Crippen LogP contribution in [0.4, 0.5) is 13.2 Å². The van der Waals surface area contributed by atoms with Crippen LogP contribution < -0.4 is 5.32 Å². The molecule has 0 bridgehead atoms. The van der Waals surface area contributed by atoms with E-state index in [-0.39, 0.29) is 18.9 Å². The maximum atomic E-state index is 13.5. The van der Waals surface area contributed by atoms with Crippen LogP contribution in [0.25, 0.3) is 0 Å². The summed E-state index contributed by atoms with van der Waals surface area (Å²) in [6.45, 7) is 10.5. The van der Waals surface area contributed by atoms with Crippen molar-refractivity contribution in [3.8, 4) is 0 Å². The standard InChI is InChI=1S/C16H32F3NO/c1-12(2)20-13(3)8-7-9-15(11-21,16(17,18)19)10-14(4,5)6/h12-13,20-21H,7-11H2,1-6H3. The third kappa shape index (κ3) is 7.50. The minimum atomic E-state index is -4.37. The van der Waals surface area contributed by atoms with Crippen molar-refractivity contribution in [2.75, 3.05) is 6.61 Å². The van der Waals surface area contributed by atoms with E-state index in [9.17, 15) is 18.3 Å². The second-order valence-electron chi connectivity index (χ2n) is 7.79. The van der Waals surface area contributed by atoms with E-state index >= 15 is 0 Å². The molecule has 0 rings (SSSR count). The van der Waals surface area contributed by atoms with Crippen LogP contribution in [0.2, 0.25) is 0 Å². The minimum Gasteiger partial charge on any atom is -0.395 e. The van der Waals surface area contributed by atoms with Crippen LogP contribution in [-0.2, 0) is 0 Å². The van der Waals surface area contributed by atoms with Crippen LogP contribution in [0, 0.1) is 10.8 Å². The first-order chi connectivity index (χ1) is 9.33. The Bertz CT molecular complexity index is 297. The highest BCUT2D eigenvalue weighted by molar-refractivity contribution is 4.90. The summed E-state index contributed by atoms with van der Waals surface area (Å²) in [5, 5.41) is 12.7. The first-order valence-corrected chi connectivity index (χ1v) is 7.77. The molecule has 0 amide bonds. The van der Waals surface area contributed by atoms with Crippen LogP contribution >= 0.6 is 0 Å². The van der Waals surface area contributed by atoms with Gasteiger partial charge in [0, 0.05) is 12.1 Å². The summed E-state index contributed by atoms with van der Waals surface area (Å²) >= 11 is 0. The molecule has 2 atom stereocenters. The molecule has 0 fully saturated rings. The molecular weight excluding hydrogens is 279 g/mol. The first-order valence-electron chi connectivity index (χ1n) is 7.77. The lowest BCUT2D eigenvalue weighted by atomic mass is 9.70. The molecule has 0 heterocycles.